The van der Waals surface area contributed by atoms with Crippen LogP contribution >= 0.6 is 16.5 Å². The maximum Gasteiger partial charge on any atom is 1.00 e. The molecule has 12 heavy (non-hydrogen) atoms. The summed E-state index contributed by atoms with van der Waals surface area (Å²) in [4.78, 5) is 28.5. The molecule has 5 N–H and O–H groups in total. The monoisotopic (exact) mass is 232 g/mol. The Bertz CT molecular complexity index is 92.7. The van der Waals surface area contributed by atoms with Crippen LogP contribution < -0.4 is 29.6 Å². The summed E-state index contributed by atoms with van der Waals surface area (Å²) in [5, 5.41) is 7.57. The predicted molar refractivity (Wildman–Crippen MR) is 38.0 cm³/mol. The van der Waals surface area contributed by atoms with Crippen molar-refractivity contribution in [3.63, 3.8) is 0 Å². The summed E-state index contributed by atoms with van der Waals surface area (Å²) in [5.74, 6) is 0. The van der Waals surface area contributed by atoms with Crippen LogP contribution in [0.3, 0.4) is 0 Å². The Morgan fingerprint density at radius 1 is 1.08 bits per heavy atom. The maximum absolute atomic E-state index is 8.70. The van der Waals surface area contributed by atoms with Crippen molar-refractivity contribution < 1.29 is 64.8 Å². The van der Waals surface area contributed by atoms with Gasteiger partial charge in [0.25, 0.3) is 0 Å². The molecule has 0 aromatic carbocycles. The first kappa shape index (κ1) is 23.1. The minimum absolute atomic E-state index is 0. The Hall–Kier alpha value is 1.00. The zero-order valence-corrected chi connectivity index (χ0v) is 10.4. The first-order valence-corrected chi connectivity index (χ1v) is 4.52. The van der Waals surface area contributed by atoms with E-state index in [0.717, 1.165) is 0 Å². The molecule has 0 unspecified atom stereocenters. The van der Waals surface area contributed by atoms with Gasteiger partial charge in [-0.15, -0.1) is 19.6 Å². The molecule has 0 heterocycles. The molecule has 0 amide bonds. The van der Waals surface area contributed by atoms with E-state index in [1.165, 1.54) is 0 Å². The molecule has 0 rings (SSSR count). The van der Waals surface area contributed by atoms with Crippen molar-refractivity contribution in [1.29, 1.82) is 0 Å². The third kappa shape index (κ3) is 1100. The molecule has 0 saturated heterocycles. The topological polar surface area (TPSA) is 135 Å². The van der Waals surface area contributed by atoms with Gasteiger partial charge in [-0.3, -0.25) is 0 Å². The Balaban J connectivity index is -0.0000000231. The van der Waals surface area contributed by atoms with E-state index in [4.69, 9.17) is 33.8 Å². The molecule has 70 valence electrons. The van der Waals surface area contributed by atoms with Crippen LogP contribution in [0.2, 0.25) is 0 Å². The van der Waals surface area contributed by atoms with Gasteiger partial charge in [0.2, 0.25) is 0 Å². The van der Waals surface area contributed by atoms with Gasteiger partial charge < -0.3 is 6.53 Å². The smallest absolute Gasteiger partial charge is 1.00 e. The Morgan fingerprint density at radius 3 is 1.08 bits per heavy atom. The van der Waals surface area contributed by atoms with Crippen molar-refractivity contribution in [2.45, 2.75) is 6.92 Å². The zero-order valence-electron chi connectivity index (χ0n) is 7.65. The van der Waals surface area contributed by atoms with Gasteiger partial charge in [-0.2, -0.15) is 0 Å². The molecular formula is C2H11NaO7P2+2. The molecule has 0 aliphatic rings. The number of hydrogen-bond donors (Lipinski definition) is 5. The third-order valence-corrected chi connectivity index (χ3v) is 0. The SMILES string of the molecule is CCO.O=[P+](O)O.O=[P+](O)O.[H-].[Na+]. The van der Waals surface area contributed by atoms with E-state index in [9.17, 15) is 0 Å². The number of aliphatic hydroxyl groups is 1. The van der Waals surface area contributed by atoms with Gasteiger partial charge in [0, 0.05) is 15.7 Å². The van der Waals surface area contributed by atoms with Gasteiger partial charge in [-0.25, -0.2) is 0 Å². The first-order chi connectivity index (χ1) is 4.88. The summed E-state index contributed by atoms with van der Waals surface area (Å²) in [6.45, 7) is 1.93. The van der Waals surface area contributed by atoms with E-state index in [-0.39, 0.29) is 37.6 Å². The van der Waals surface area contributed by atoms with Crippen LogP contribution in [0, 0.1) is 0 Å². The van der Waals surface area contributed by atoms with E-state index in [1.54, 1.807) is 6.92 Å². The predicted octanol–water partition coefficient (Wildman–Crippen LogP) is -3.63. The second kappa shape index (κ2) is 22.7. The average molecular weight is 232 g/mol. The molecule has 10 heteroatoms. The molecule has 0 fully saturated rings. The van der Waals surface area contributed by atoms with E-state index >= 15 is 0 Å². The van der Waals surface area contributed by atoms with Crippen LogP contribution in [0.5, 0.6) is 0 Å². The fourth-order valence-corrected chi connectivity index (χ4v) is 0. The third-order valence-electron chi connectivity index (χ3n) is 0. The summed E-state index contributed by atoms with van der Waals surface area (Å²) in [6.07, 6.45) is 0. The molecular weight excluding hydrogens is 221 g/mol. The summed E-state index contributed by atoms with van der Waals surface area (Å²) < 4.78 is 17.4. The molecule has 0 aromatic heterocycles. The standard InChI is InChI=1S/C2H6O.Na.2HO3P.H/c1-2-3;;2*1-4(2)3;/h3H,2H2,1H3;;2*(H-,1,2,3);/q;+1;;;-1/p+2. The minimum atomic E-state index is -2.87. The van der Waals surface area contributed by atoms with Gasteiger partial charge in [0.15, 0.2) is 0 Å². The van der Waals surface area contributed by atoms with E-state index < -0.39 is 16.5 Å². The molecule has 0 saturated carbocycles. The van der Waals surface area contributed by atoms with Gasteiger partial charge in [-0.05, 0) is 6.92 Å². The van der Waals surface area contributed by atoms with Crippen molar-refractivity contribution in [2.24, 2.45) is 0 Å². The summed E-state index contributed by atoms with van der Waals surface area (Å²) in [7, 11) is -5.74. The van der Waals surface area contributed by atoms with Gasteiger partial charge in [-0.1, -0.05) is 0 Å². The molecule has 0 spiro atoms. The fraction of sp³-hybridized carbons (Fsp3) is 1.00. The van der Waals surface area contributed by atoms with Crippen LogP contribution in [0.25, 0.3) is 0 Å². The van der Waals surface area contributed by atoms with Crippen LogP contribution in [0.15, 0.2) is 0 Å². The molecule has 0 radical (unpaired) electrons. The zero-order chi connectivity index (χ0) is 9.86. The summed E-state index contributed by atoms with van der Waals surface area (Å²) in [6, 6.07) is 0. The molecule has 0 aliphatic heterocycles. The second-order valence-electron chi connectivity index (χ2n) is 0.822. The van der Waals surface area contributed by atoms with Gasteiger partial charge >= 0.3 is 46.1 Å². The van der Waals surface area contributed by atoms with Crippen molar-refractivity contribution >= 4 is 16.5 Å². The van der Waals surface area contributed by atoms with Crippen molar-refractivity contribution in [3.8, 4) is 0 Å². The van der Waals surface area contributed by atoms with E-state index in [2.05, 4.69) is 0 Å². The van der Waals surface area contributed by atoms with Gasteiger partial charge in [0.05, 0.1) is 0 Å². The Labute approximate surface area is 94.7 Å². The van der Waals surface area contributed by atoms with Crippen LogP contribution in [-0.4, -0.2) is 31.3 Å². The normalized spacial score (nSPS) is 5.83. The Kier molecular flexibility index (Phi) is 43.7. The fourth-order valence-electron chi connectivity index (χ4n) is 0. The average Bonchev–Trinajstić information content (AvgIpc) is 1.60. The molecule has 0 atom stereocenters. The van der Waals surface area contributed by atoms with E-state index in [1.807, 2.05) is 0 Å². The number of rotatable bonds is 0. The van der Waals surface area contributed by atoms with Crippen LogP contribution in [0.4, 0.5) is 0 Å². The number of hydrogen-bond acceptors (Lipinski definition) is 3. The molecule has 0 aromatic rings. The largest absolute Gasteiger partial charge is 1.00 e. The van der Waals surface area contributed by atoms with Crippen LogP contribution in [-0.2, 0) is 9.13 Å². The van der Waals surface area contributed by atoms with Crippen molar-refractivity contribution in [2.75, 3.05) is 6.61 Å². The van der Waals surface area contributed by atoms with Crippen LogP contribution in [0.1, 0.15) is 8.35 Å². The summed E-state index contributed by atoms with van der Waals surface area (Å²) in [5.41, 5.74) is 0. The number of aliphatic hydroxyl groups excluding tert-OH is 1. The van der Waals surface area contributed by atoms with Gasteiger partial charge in [0.1, 0.15) is 0 Å². The molecule has 0 bridgehead atoms. The maximum atomic E-state index is 8.70. The summed E-state index contributed by atoms with van der Waals surface area (Å²) >= 11 is 0. The second-order valence-corrected chi connectivity index (χ2v) is 1.83. The van der Waals surface area contributed by atoms with Crippen molar-refractivity contribution in [3.05, 3.63) is 0 Å². The molecule has 0 aliphatic carbocycles. The first-order valence-electron chi connectivity index (χ1n) is 2.19. The quantitative estimate of drug-likeness (QED) is 0.215. The minimum Gasteiger partial charge on any atom is -1.00 e. The van der Waals surface area contributed by atoms with E-state index in [0.29, 0.717) is 0 Å². The Morgan fingerprint density at radius 2 is 1.08 bits per heavy atom. The molecule has 7 nitrogen and oxygen atoms in total. The van der Waals surface area contributed by atoms with Crippen molar-refractivity contribution in [1.82, 2.24) is 0 Å².